The van der Waals surface area contributed by atoms with Gasteiger partial charge in [-0.15, -0.1) is 0 Å². The fraction of sp³-hybridized carbons (Fsp3) is 0.400. The van der Waals surface area contributed by atoms with Gasteiger partial charge in [0, 0.05) is 0 Å². The van der Waals surface area contributed by atoms with Crippen LogP contribution in [-0.4, -0.2) is 19.7 Å². The number of hydrogen-bond acceptors (Lipinski definition) is 1. The summed E-state index contributed by atoms with van der Waals surface area (Å²) < 4.78 is 13.8. The summed E-state index contributed by atoms with van der Waals surface area (Å²) in [4.78, 5) is 0. The third kappa shape index (κ3) is 3.05. The fourth-order valence-corrected chi connectivity index (χ4v) is 5.47. The first-order valence-electron chi connectivity index (χ1n) is 4.43. The molecule has 0 saturated carbocycles. The summed E-state index contributed by atoms with van der Waals surface area (Å²) in [5, 5.41) is 0. The zero-order valence-corrected chi connectivity index (χ0v) is 10.3. The molecule has 1 aromatic carbocycles. The molecule has 0 aliphatic carbocycles. The van der Waals surface area contributed by atoms with Crippen molar-refractivity contribution in [1.29, 1.82) is 0 Å². The zero-order chi connectivity index (χ0) is 8.81. The summed E-state index contributed by atoms with van der Waals surface area (Å²) in [5.41, 5.74) is 0. The predicted octanol–water partition coefficient (Wildman–Crippen LogP) is 2.12. The number of hydrogen-bond donors (Lipinski definition) is 0. The molecule has 0 amide bonds. The van der Waals surface area contributed by atoms with Gasteiger partial charge in [0.05, 0.1) is 0 Å². The minimum absolute atomic E-state index is 0.961. The van der Waals surface area contributed by atoms with E-state index < -0.39 is 19.7 Å². The van der Waals surface area contributed by atoms with E-state index in [1.807, 2.05) is 30.3 Å². The topological polar surface area (TPSA) is 17.1 Å². The molecule has 1 aromatic rings. The van der Waals surface area contributed by atoms with Gasteiger partial charge in [-0.05, 0) is 0 Å². The summed E-state index contributed by atoms with van der Waals surface area (Å²) in [6.45, 7) is 2.14. The molecule has 0 saturated heterocycles. The number of unbranched alkanes of at least 4 members (excludes halogenated alkanes) is 1. The van der Waals surface area contributed by atoms with Gasteiger partial charge in [-0.25, -0.2) is 0 Å². The second kappa shape index (κ2) is 5.46. The molecule has 12 heavy (non-hydrogen) atoms. The Hall–Kier alpha value is -0.181. The monoisotopic (exact) mass is 270 g/mol. The molecule has 0 N–H and O–H groups in total. The average molecular weight is 269 g/mol. The quantitative estimate of drug-likeness (QED) is 0.765. The summed E-state index contributed by atoms with van der Waals surface area (Å²) in [5.74, 6) is 0. The maximum absolute atomic E-state index is 11.7. The van der Waals surface area contributed by atoms with Crippen LogP contribution in [0.25, 0.3) is 0 Å². The number of rotatable bonds is 4. The third-order valence-electron chi connectivity index (χ3n) is 1.85. The fourth-order valence-electron chi connectivity index (χ4n) is 1.11. The van der Waals surface area contributed by atoms with Crippen molar-refractivity contribution in [3.8, 4) is 0 Å². The van der Waals surface area contributed by atoms with Crippen molar-refractivity contribution in [2.75, 3.05) is 0 Å². The number of benzene rings is 1. The minimum atomic E-state index is -2.37. The molecule has 0 bridgehead atoms. The normalized spacial score (nSPS) is 9.75. The van der Waals surface area contributed by atoms with Crippen molar-refractivity contribution in [2.45, 2.75) is 24.2 Å². The Bertz CT molecular complexity index is 243. The van der Waals surface area contributed by atoms with E-state index in [9.17, 15) is 3.08 Å². The van der Waals surface area contributed by atoms with Gasteiger partial charge in [-0.2, -0.15) is 0 Å². The van der Waals surface area contributed by atoms with Crippen LogP contribution >= 0.6 is 0 Å². The molecule has 1 nitrogen and oxygen atoms in total. The van der Waals surface area contributed by atoms with Crippen molar-refractivity contribution in [2.24, 2.45) is 0 Å². The molecule has 0 fully saturated rings. The van der Waals surface area contributed by atoms with Crippen molar-refractivity contribution in [3.63, 3.8) is 0 Å². The Morgan fingerprint density at radius 1 is 1.25 bits per heavy atom. The van der Waals surface area contributed by atoms with Crippen LogP contribution in [0.4, 0.5) is 0 Å². The van der Waals surface area contributed by atoms with Crippen molar-refractivity contribution in [1.82, 2.24) is 0 Å². The molecule has 0 aliphatic heterocycles. The van der Waals surface area contributed by atoms with Crippen LogP contribution in [0, 0.1) is 0 Å². The van der Waals surface area contributed by atoms with E-state index in [0.29, 0.717) is 0 Å². The Kier molecular flexibility index (Phi) is 4.51. The van der Waals surface area contributed by atoms with E-state index in [1.165, 1.54) is 0 Å². The molecule has 0 radical (unpaired) electrons. The molecule has 0 unspecified atom stereocenters. The third-order valence-corrected chi connectivity index (χ3v) is 6.95. The molecule has 0 spiro atoms. The molecule has 1 rings (SSSR count). The van der Waals surface area contributed by atoms with E-state index in [4.69, 9.17) is 0 Å². The zero-order valence-electron chi connectivity index (χ0n) is 7.42. The van der Waals surface area contributed by atoms with Gasteiger partial charge in [0.25, 0.3) is 0 Å². The second-order valence-corrected chi connectivity index (χ2v) is 8.38. The molecular formula is C10H14OSn. The van der Waals surface area contributed by atoms with E-state index in [1.54, 1.807) is 0 Å². The molecule has 0 atom stereocenters. The molecule has 0 aromatic heterocycles. The van der Waals surface area contributed by atoms with Gasteiger partial charge in [-0.3, -0.25) is 0 Å². The van der Waals surface area contributed by atoms with Crippen LogP contribution in [0.3, 0.4) is 0 Å². The Balaban J connectivity index is 2.54. The first-order chi connectivity index (χ1) is 5.84. The van der Waals surface area contributed by atoms with Gasteiger partial charge < -0.3 is 0 Å². The van der Waals surface area contributed by atoms with Gasteiger partial charge in [0.2, 0.25) is 0 Å². The molecule has 0 aliphatic rings. The van der Waals surface area contributed by atoms with Gasteiger partial charge in [0.1, 0.15) is 0 Å². The Morgan fingerprint density at radius 3 is 2.50 bits per heavy atom. The van der Waals surface area contributed by atoms with Crippen LogP contribution in [-0.2, 0) is 3.08 Å². The summed E-state index contributed by atoms with van der Waals surface area (Å²) in [6, 6.07) is 9.91. The second-order valence-electron chi connectivity index (χ2n) is 2.89. The van der Waals surface area contributed by atoms with E-state index in [-0.39, 0.29) is 0 Å². The summed E-state index contributed by atoms with van der Waals surface area (Å²) in [6.07, 6.45) is 2.27. The SMILES string of the molecule is CCC[CH2][Sn](=[O])[c]1ccccc1. The van der Waals surface area contributed by atoms with Gasteiger partial charge in [0.15, 0.2) is 0 Å². The predicted molar refractivity (Wildman–Crippen MR) is 52.2 cm³/mol. The average Bonchev–Trinajstić information content (AvgIpc) is 2.15. The molecule has 2 heteroatoms. The summed E-state index contributed by atoms with van der Waals surface area (Å²) in [7, 11) is 0. The molecule has 64 valence electrons. The van der Waals surface area contributed by atoms with Crippen molar-refractivity contribution >= 4 is 23.3 Å². The van der Waals surface area contributed by atoms with E-state index >= 15 is 0 Å². The van der Waals surface area contributed by atoms with Crippen LogP contribution in [0.1, 0.15) is 19.8 Å². The molecule has 0 heterocycles. The van der Waals surface area contributed by atoms with Crippen molar-refractivity contribution in [3.05, 3.63) is 30.3 Å². The van der Waals surface area contributed by atoms with E-state index in [2.05, 4.69) is 6.92 Å². The first-order valence-corrected chi connectivity index (χ1v) is 9.04. The first kappa shape index (κ1) is 9.90. The van der Waals surface area contributed by atoms with Crippen molar-refractivity contribution < 1.29 is 3.08 Å². The van der Waals surface area contributed by atoms with E-state index in [0.717, 1.165) is 20.9 Å². The standard InChI is InChI=1S/C6H5.C4H9.O.Sn/c1-2-4-6-5-3-1;1-3-4-2;;/h1-5H;1,3-4H2,2H3;;. The Morgan fingerprint density at radius 2 is 1.92 bits per heavy atom. The maximum atomic E-state index is 11.7. The van der Waals surface area contributed by atoms with Gasteiger partial charge >= 0.3 is 80.9 Å². The van der Waals surface area contributed by atoms with Crippen LogP contribution in [0.15, 0.2) is 30.3 Å². The molecular weight excluding hydrogens is 255 g/mol. The van der Waals surface area contributed by atoms with Crippen LogP contribution in [0.2, 0.25) is 4.44 Å². The van der Waals surface area contributed by atoms with Crippen LogP contribution in [0.5, 0.6) is 0 Å². The van der Waals surface area contributed by atoms with Gasteiger partial charge in [-0.1, -0.05) is 0 Å². The van der Waals surface area contributed by atoms with Crippen LogP contribution < -0.4 is 3.58 Å². The summed E-state index contributed by atoms with van der Waals surface area (Å²) >= 11 is -2.37. The Labute approximate surface area is 80.9 Å².